The van der Waals surface area contributed by atoms with Crippen molar-refractivity contribution >= 4 is 17.3 Å². The van der Waals surface area contributed by atoms with Gasteiger partial charge in [-0.1, -0.05) is 11.6 Å². The standard InChI is InChI=1S/C11H13ClN4/c1-3-16-7(2)14-15-11(16)9-6-8(13)4-5-10(9)12/h4-6H,3,13H2,1-2H3. The number of halogens is 1. The molecule has 2 aromatic rings. The van der Waals surface area contributed by atoms with E-state index in [-0.39, 0.29) is 0 Å². The van der Waals surface area contributed by atoms with Crippen LogP contribution in [-0.4, -0.2) is 14.8 Å². The van der Waals surface area contributed by atoms with Crippen LogP contribution < -0.4 is 5.73 Å². The Hall–Kier alpha value is -1.55. The van der Waals surface area contributed by atoms with Gasteiger partial charge < -0.3 is 10.3 Å². The Bertz CT molecular complexity index is 519. The van der Waals surface area contributed by atoms with E-state index >= 15 is 0 Å². The van der Waals surface area contributed by atoms with Gasteiger partial charge in [0.2, 0.25) is 0 Å². The Morgan fingerprint density at radius 2 is 2.12 bits per heavy atom. The van der Waals surface area contributed by atoms with Gasteiger partial charge in [0.05, 0.1) is 5.02 Å². The summed E-state index contributed by atoms with van der Waals surface area (Å²) in [5.41, 5.74) is 7.24. The summed E-state index contributed by atoms with van der Waals surface area (Å²) < 4.78 is 2.00. The predicted molar refractivity (Wildman–Crippen MR) is 65.3 cm³/mol. The van der Waals surface area contributed by atoms with Gasteiger partial charge in [0.1, 0.15) is 5.82 Å². The third kappa shape index (κ3) is 1.76. The summed E-state index contributed by atoms with van der Waals surface area (Å²) in [6.07, 6.45) is 0. The van der Waals surface area contributed by atoms with Crippen molar-refractivity contribution in [2.24, 2.45) is 0 Å². The first-order chi connectivity index (χ1) is 7.63. The van der Waals surface area contributed by atoms with Gasteiger partial charge in [-0.05, 0) is 32.0 Å². The summed E-state index contributed by atoms with van der Waals surface area (Å²) in [7, 11) is 0. The monoisotopic (exact) mass is 236 g/mol. The summed E-state index contributed by atoms with van der Waals surface area (Å²) >= 11 is 6.13. The van der Waals surface area contributed by atoms with Gasteiger partial charge in [-0.3, -0.25) is 0 Å². The van der Waals surface area contributed by atoms with E-state index < -0.39 is 0 Å². The van der Waals surface area contributed by atoms with Crippen LogP contribution in [0.1, 0.15) is 12.7 Å². The van der Waals surface area contributed by atoms with E-state index in [1.165, 1.54) is 0 Å². The van der Waals surface area contributed by atoms with Crippen LogP contribution in [0.2, 0.25) is 5.02 Å². The molecule has 84 valence electrons. The molecular weight excluding hydrogens is 224 g/mol. The van der Waals surface area contributed by atoms with E-state index in [1.807, 2.05) is 24.5 Å². The van der Waals surface area contributed by atoms with Crippen molar-refractivity contribution in [1.82, 2.24) is 14.8 Å². The number of aryl methyl sites for hydroxylation is 1. The number of nitrogens with two attached hydrogens (primary N) is 1. The molecule has 0 unspecified atom stereocenters. The van der Waals surface area contributed by atoms with Crippen molar-refractivity contribution in [3.63, 3.8) is 0 Å². The Balaban J connectivity index is 2.62. The summed E-state index contributed by atoms with van der Waals surface area (Å²) in [6.45, 7) is 4.76. The summed E-state index contributed by atoms with van der Waals surface area (Å²) in [5, 5.41) is 8.82. The maximum Gasteiger partial charge on any atom is 0.165 e. The topological polar surface area (TPSA) is 56.7 Å². The second-order valence-corrected chi connectivity index (χ2v) is 3.96. The molecule has 1 aromatic heterocycles. The number of nitrogens with zero attached hydrogens (tertiary/aromatic N) is 3. The van der Waals surface area contributed by atoms with E-state index in [4.69, 9.17) is 17.3 Å². The fourth-order valence-corrected chi connectivity index (χ4v) is 1.88. The van der Waals surface area contributed by atoms with Crippen molar-refractivity contribution < 1.29 is 0 Å². The first-order valence-electron chi connectivity index (χ1n) is 5.08. The third-order valence-corrected chi connectivity index (χ3v) is 2.81. The molecule has 1 heterocycles. The second-order valence-electron chi connectivity index (χ2n) is 3.55. The smallest absolute Gasteiger partial charge is 0.165 e. The number of hydrogen-bond donors (Lipinski definition) is 1. The highest BCUT2D eigenvalue weighted by molar-refractivity contribution is 6.33. The molecule has 0 atom stereocenters. The van der Waals surface area contributed by atoms with Crippen LogP contribution in [0.4, 0.5) is 5.69 Å². The molecule has 0 saturated carbocycles. The van der Waals surface area contributed by atoms with Crippen molar-refractivity contribution in [3.8, 4) is 11.4 Å². The predicted octanol–water partition coefficient (Wildman–Crippen LogP) is 2.51. The Labute approximate surface area is 99.1 Å². The molecule has 2 N–H and O–H groups in total. The Morgan fingerprint density at radius 3 is 2.81 bits per heavy atom. The van der Waals surface area contributed by atoms with Gasteiger partial charge in [0, 0.05) is 17.8 Å². The average molecular weight is 237 g/mol. The van der Waals surface area contributed by atoms with Crippen LogP contribution in [0.5, 0.6) is 0 Å². The largest absolute Gasteiger partial charge is 0.399 e. The molecule has 2 rings (SSSR count). The molecule has 0 aliphatic heterocycles. The van der Waals surface area contributed by atoms with Crippen LogP contribution >= 0.6 is 11.6 Å². The lowest BCUT2D eigenvalue weighted by atomic mass is 10.2. The zero-order chi connectivity index (χ0) is 11.7. The van der Waals surface area contributed by atoms with Gasteiger partial charge in [-0.25, -0.2) is 0 Å². The molecule has 0 aliphatic rings. The molecule has 0 amide bonds. The van der Waals surface area contributed by atoms with Crippen molar-refractivity contribution in [1.29, 1.82) is 0 Å². The summed E-state index contributed by atoms with van der Waals surface area (Å²) in [5.74, 6) is 1.63. The van der Waals surface area contributed by atoms with Crippen LogP contribution in [0.25, 0.3) is 11.4 Å². The molecule has 4 nitrogen and oxygen atoms in total. The van der Waals surface area contributed by atoms with E-state index in [2.05, 4.69) is 10.2 Å². The highest BCUT2D eigenvalue weighted by atomic mass is 35.5. The molecule has 0 radical (unpaired) electrons. The number of nitrogen functional groups attached to an aromatic ring is 1. The minimum Gasteiger partial charge on any atom is -0.399 e. The van der Waals surface area contributed by atoms with Crippen LogP contribution in [-0.2, 0) is 6.54 Å². The molecule has 0 saturated heterocycles. The minimum atomic E-state index is 0.635. The molecule has 16 heavy (non-hydrogen) atoms. The first-order valence-corrected chi connectivity index (χ1v) is 5.46. The second kappa shape index (κ2) is 4.14. The minimum absolute atomic E-state index is 0.635. The van der Waals surface area contributed by atoms with Crippen molar-refractivity contribution in [2.45, 2.75) is 20.4 Å². The Morgan fingerprint density at radius 1 is 1.38 bits per heavy atom. The first kappa shape index (κ1) is 11.0. The molecule has 1 aromatic carbocycles. The van der Waals surface area contributed by atoms with E-state index in [1.54, 1.807) is 12.1 Å². The maximum atomic E-state index is 6.13. The van der Waals surface area contributed by atoms with Gasteiger partial charge >= 0.3 is 0 Å². The lowest BCUT2D eigenvalue weighted by Crippen LogP contribution is -2.00. The van der Waals surface area contributed by atoms with Crippen LogP contribution in [0, 0.1) is 6.92 Å². The SMILES string of the molecule is CCn1c(C)nnc1-c1cc(N)ccc1Cl. The van der Waals surface area contributed by atoms with Gasteiger partial charge in [0.15, 0.2) is 5.82 Å². The van der Waals surface area contributed by atoms with E-state index in [0.717, 1.165) is 23.8 Å². The molecule has 0 fully saturated rings. The highest BCUT2D eigenvalue weighted by Crippen LogP contribution is 2.28. The van der Waals surface area contributed by atoms with Crippen LogP contribution in [0.15, 0.2) is 18.2 Å². The third-order valence-electron chi connectivity index (χ3n) is 2.48. The molecule has 0 spiro atoms. The number of anilines is 1. The fourth-order valence-electron chi connectivity index (χ4n) is 1.67. The lowest BCUT2D eigenvalue weighted by molar-refractivity contribution is 0.737. The molecule has 0 aliphatic carbocycles. The fraction of sp³-hybridized carbons (Fsp3) is 0.273. The quantitative estimate of drug-likeness (QED) is 0.816. The number of aromatic nitrogens is 3. The van der Waals surface area contributed by atoms with E-state index in [9.17, 15) is 0 Å². The van der Waals surface area contributed by atoms with Gasteiger partial charge in [0.25, 0.3) is 0 Å². The van der Waals surface area contributed by atoms with Crippen LogP contribution in [0.3, 0.4) is 0 Å². The zero-order valence-electron chi connectivity index (χ0n) is 9.24. The molecule has 5 heteroatoms. The van der Waals surface area contributed by atoms with E-state index in [0.29, 0.717) is 10.7 Å². The molecule has 0 bridgehead atoms. The number of benzene rings is 1. The highest BCUT2D eigenvalue weighted by Gasteiger charge is 2.12. The summed E-state index contributed by atoms with van der Waals surface area (Å²) in [6, 6.07) is 5.36. The van der Waals surface area contributed by atoms with Crippen molar-refractivity contribution in [2.75, 3.05) is 5.73 Å². The zero-order valence-corrected chi connectivity index (χ0v) is 9.99. The number of rotatable bonds is 2. The Kier molecular flexibility index (Phi) is 2.83. The normalized spacial score (nSPS) is 10.7. The average Bonchev–Trinajstić information content (AvgIpc) is 2.63. The van der Waals surface area contributed by atoms with Crippen molar-refractivity contribution in [3.05, 3.63) is 29.0 Å². The van der Waals surface area contributed by atoms with Gasteiger partial charge in [-0.15, -0.1) is 10.2 Å². The molecular formula is C11H13ClN4. The lowest BCUT2D eigenvalue weighted by Gasteiger charge is -2.07. The summed E-state index contributed by atoms with van der Waals surface area (Å²) in [4.78, 5) is 0. The number of hydrogen-bond acceptors (Lipinski definition) is 3. The maximum absolute atomic E-state index is 6.13. The van der Waals surface area contributed by atoms with Gasteiger partial charge in [-0.2, -0.15) is 0 Å².